The molecule has 0 spiro atoms. The number of rotatable bonds is 7. The van der Waals surface area contributed by atoms with Gasteiger partial charge in [-0.15, -0.1) is 0 Å². The molecule has 0 bridgehead atoms. The zero-order valence-corrected chi connectivity index (χ0v) is 18.0. The van der Waals surface area contributed by atoms with Crippen molar-refractivity contribution >= 4 is 17.4 Å². The molecular formula is C26H25NO5. The fraction of sp³-hybridized carbons (Fsp3) is 0.231. The highest BCUT2D eigenvalue weighted by Gasteiger charge is 2.46. The Balaban J connectivity index is 1.78. The first-order valence-corrected chi connectivity index (χ1v) is 10.5. The van der Waals surface area contributed by atoms with Gasteiger partial charge in [-0.05, 0) is 35.7 Å². The molecule has 164 valence electrons. The normalized spacial score (nSPS) is 17.8. The second-order valence-electron chi connectivity index (χ2n) is 8.15. The molecule has 1 unspecified atom stereocenters. The minimum atomic E-state index is -0.735. The van der Waals surface area contributed by atoms with E-state index in [1.165, 1.54) is 11.2 Å². The van der Waals surface area contributed by atoms with E-state index in [-0.39, 0.29) is 17.9 Å². The number of ether oxygens (including phenoxy) is 1. The number of hydrogen-bond acceptors (Lipinski definition) is 5. The number of ketones is 1. The Bertz CT molecular complexity index is 1130. The zero-order chi connectivity index (χ0) is 22.7. The molecule has 1 N–H and O–H groups in total. The average molecular weight is 431 g/mol. The maximum atomic E-state index is 13.1. The van der Waals surface area contributed by atoms with E-state index in [0.717, 1.165) is 5.56 Å². The van der Waals surface area contributed by atoms with Crippen molar-refractivity contribution in [3.05, 3.63) is 95.5 Å². The quantitative estimate of drug-likeness (QED) is 0.326. The predicted molar refractivity (Wildman–Crippen MR) is 120 cm³/mol. The van der Waals surface area contributed by atoms with Gasteiger partial charge >= 0.3 is 0 Å². The number of likely N-dealkylation sites (tertiary alicyclic amines) is 1. The van der Waals surface area contributed by atoms with Crippen molar-refractivity contribution < 1.29 is 23.8 Å². The molecule has 2 aromatic carbocycles. The van der Waals surface area contributed by atoms with Crippen LogP contribution in [0.4, 0.5) is 0 Å². The number of amides is 1. The minimum Gasteiger partial charge on any atom is -0.507 e. The lowest BCUT2D eigenvalue weighted by atomic mass is 9.95. The van der Waals surface area contributed by atoms with Crippen LogP contribution in [0.25, 0.3) is 5.76 Å². The van der Waals surface area contributed by atoms with Gasteiger partial charge in [0.15, 0.2) is 0 Å². The van der Waals surface area contributed by atoms with Crippen LogP contribution >= 0.6 is 0 Å². The van der Waals surface area contributed by atoms with Crippen molar-refractivity contribution in [2.45, 2.75) is 26.4 Å². The van der Waals surface area contributed by atoms with Crippen LogP contribution < -0.4 is 4.74 Å². The molecule has 3 aromatic rings. The fourth-order valence-electron chi connectivity index (χ4n) is 3.75. The third-order valence-corrected chi connectivity index (χ3v) is 5.25. The molecule has 1 aliphatic rings. The van der Waals surface area contributed by atoms with E-state index in [1.807, 2.05) is 44.2 Å². The van der Waals surface area contributed by atoms with Gasteiger partial charge in [-0.3, -0.25) is 9.59 Å². The number of aliphatic hydroxyl groups excluding tert-OH is 1. The van der Waals surface area contributed by atoms with Crippen LogP contribution in [0.2, 0.25) is 0 Å². The summed E-state index contributed by atoms with van der Waals surface area (Å²) in [7, 11) is 0. The Hall–Kier alpha value is -3.80. The van der Waals surface area contributed by atoms with E-state index >= 15 is 0 Å². The molecule has 1 aliphatic heterocycles. The summed E-state index contributed by atoms with van der Waals surface area (Å²) in [4.78, 5) is 27.5. The highest BCUT2D eigenvalue weighted by Crippen LogP contribution is 2.40. The summed E-state index contributed by atoms with van der Waals surface area (Å²) in [5.74, 6) is -0.146. The molecule has 0 saturated carbocycles. The maximum absolute atomic E-state index is 13.1. The number of aliphatic hydroxyl groups is 1. The highest BCUT2D eigenvalue weighted by atomic mass is 16.5. The van der Waals surface area contributed by atoms with Crippen molar-refractivity contribution in [3.63, 3.8) is 0 Å². The Morgan fingerprint density at radius 2 is 1.84 bits per heavy atom. The van der Waals surface area contributed by atoms with Gasteiger partial charge in [-0.1, -0.05) is 56.3 Å². The second-order valence-corrected chi connectivity index (χ2v) is 8.15. The lowest BCUT2D eigenvalue weighted by Crippen LogP contribution is -2.29. The van der Waals surface area contributed by atoms with Crippen molar-refractivity contribution in [1.29, 1.82) is 0 Å². The van der Waals surface area contributed by atoms with E-state index in [2.05, 4.69) is 0 Å². The minimum absolute atomic E-state index is 0.0498. The van der Waals surface area contributed by atoms with Gasteiger partial charge < -0.3 is 19.2 Å². The number of Topliss-reactive ketones (excluding diaryl/α,β-unsaturated/α-hetero) is 1. The molecule has 0 aliphatic carbocycles. The fourth-order valence-corrected chi connectivity index (χ4v) is 3.75. The van der Waals surface area contributed by atoms with Crippen LogP contribution in [0.15, 0.2) is 83.0 Å². The molecule has 1 fully saturated rings. The first-order valence-electron chi connectivity index (χ1n) is 10.5. The number of hydrogen-bond donors (Lipinski definition) is 1. The van der Waals surface area contributed by atoms with Crippen molar-refractivity contribution in [1.82, 2.24) is 4.90 Å². The van der Waals surface area contributed by atoms with E-state index in [1.54, 1.807) is 36.4 Å². The van der Waals surface area contributed by atoms with E-state index in [0.29, 0.717) is 29.6 Å². The standard InChI is InChI=1S/C26H25NO5/c1-17(2)16-32-20-11-6-10-19(14-20)24(28)22-23(18-8-4-3-5-9-18)27(26(30)25(22)29)15-21-12-7-13-31-21/h3-14,17,23,28H,15-16H2,1-2H3/b24-22-. The number of furan rings is 1. The molecule has 6 heteroatoms. The molecule has 1 saturated heterocycles. The smallest absolute Gasteiger partial charge is 0.296 e. The SMILES string of the molecule is CC(C)COc1cccc(/C(O)=C2/C(=O)C(=O)N(Cc3ccco3)C2c2ccccc2)c1. The topological polar surface area (TPSA) is 80.0 Å². The van der Waals surface area contributed by atoms with Gasteiger partial charge in [0.1, 0.15) is 17.3 Å². The number of carbonyl (C=O) groups is 2. The predicted octanol–water partition coefficient (Wildman–Crippen LogP) is 4.94. The summed E-state index contributed by atoms with van der Waals surface area (Å²) in [6, 6.07) is 18.9. The zero-order valence-electron chi connectivity index (χ0n) is 18.0. The van der Waals surface area contributed by atoms with Gasteiger partial charge in [0, 0.05) is 5.56 Å². The molecule has 1 atom stereocenters. The Morgan fingerprint density at radius 1 is 1.06 bits per heavy atom. The second kappa shape index (κ2) is 9.14. The third-order valence-electron chi connectivity index (χ3n) is 5.25. The summed E-state index contributed by atoms with van der Waals surface area (Å²) in [5, 5.41) is 11.2. The number of benzene rings is 2. The Morgan fingerprint density at radius 3 is 2.53 bits per heavy atom. The molecule has 4 rings (SSSR count). The average Bonchev–Trinajstić information content (AvgIpc) is 3.40. The van der Waals surface area contributed by atoms with Gasteiger partial charge in [-0.2, -0.15) is 0 Å². The van der Waals surface area contributed by atoms with Crippen LogP contribution in [0.3, 0.4) is 0 Å². The van der Waals surface area contributed by atoms with Crippen molar-refractivity contribution in [3.8, 4) is 5.75 Å². The van der Waals surface area contributed by atoms with Crippen LogP contribution in [-0.2, 0) is 16.1 Å². The van der Waals surface area contributed by atoms with Gasteiger partial charge in [0.05, 0.1) is 31.0 Å². The number of nitrogens with zero attached hydrogens (tertiary/aromatic N) is 1. The molecule has 2 heterocycles. The van der Waals surface area contributed by atoms with Gasteiger partial charge in [0.25, 0.3) is 11.7 Å². The molecule has 32 heavy (non-hydrogen) atoms. The van der Waals surface area contributed by atoms with Crippen LogP contribution in [0.1, 0.15) is 36.8 Å². The summed E-state index contributed by atoms with van der Waals surface area (Å²) >= 11 is 0. The van der Waals surface area contributed by atoms with Crippen LogP contribution in [-0.4, -0.2) is 28.3 Å². The van der Waals surface area contributed by atoms with Gasteiger partial charge in [0.2, 0.25) is 0 Å². The Kier molecular flexibility index (Phi) is 6.12. The third kappa shape index (κ3) is 4.30. The summed E-state index contributed by atoms with van der Waals surface area (Å²) < 4.78 is 11.2. The number of carbonyl (C=O) groups excluding carboxylic acids is 2. The first-order chi connectivity index (χ1) is 15.5. The lowest BCUT2D eigenvalue weighted by Gasteiger charge is -2.24. The van der Waals surface area contributed by atoms with Crippen LogP contribution in [0, 0.1) is 5.92 Å². The molecule has 1 aromatic heterocycles. The van der Waals surface area contributed by atoms with E-state index < -0.39 is 17.7 Å². The largest absolute Gasteiger partial charge is 0.507 e. The van der Waals surface area contributed by atoms with E-state index in [9.17, 15) is 14.7 Å². The summed E-state index contributed by atoms with van der Waals surface area (Å²) in [5.41, 5.74) is 1.20. The van der Waals surface area contributed by atoms with Crippen molar-refractivity contribution in [2.24, 2.45) is 5.92 Å². The molecule has 0 radical (unpaired) electrons. The Labute approximate surface area is 186 Å². The molecule has 1 amide bonds. The molecular weight excluding hydrogens is 406 g/mol. The summed E-state index contributed by atoms with van der Waals surface area (Å²) in [6.07, 6.45) is 1.52. The highest BCUT2D eigenvalue weighted by molar-refractivity contribution is 6.46. The summed E-state index contributed by atoms with van der Waals surface area (Å²) in [6.45, 7) is 4.74. The van der Waals surface area contributed by atoms with E-state index in [4.69, 9.17) is 9.15 Å². The monoisotopic (exact) mass is 431 g/mol. The van der Waals surface area contributed by atoms with Crippen LogP contribution in [0.5, 0.6) is 5.75 Å². The maximum Gasteiger partial charge on any atom is 0.296 e. The molecule has 6 nitrogen and oxygen atoms in total. The van der Waals surface area contributed by atoms with Gasteiger partial charge in [-0.25, -0.2) is 0 Å². The first kappa shape index (κ1) is 21.4. The van der Waals surface area contributed by atoms with Crippen molar-refractivity contribution in [2.75, 3.05) is 6.61 Å². The lowest BCUT2D eigenvalue weighted by molar-refractivity contribution is -0.140.